The minimum absolute atomic E-state index is 0.138. The van der Waals surface area contributed by atoms with Crippen molar-refractivity contribution in [2.24, 2.45) is 5.73 Å². The van der Waals surface area contributed by atoms with Crippen LogP contribution in [0.1, 0.15) is 51.3 Å². The number of hydrogen-bond acceptors (Lipinski definition) is 1. The summed E-state index contributed by atoms with van der Waals surface area (Å²) in [6.45, 7) is 13.1. The van der Waals surface area contributed by atoms with Crippen molar-refractivity contribution in [3.05, 3.63) is 34.9 Å². The summed E-state index contributed by atoms with van der Waals surface area (Å²) < 4.78 is 0. The lowest BCUT2D eigenvalue weighted by molar-refractivity contribution is 0.513. The van der Waals surface area contributed by atoms with Crippen molar-refractivity contribution in [2.45, 2.75) is 58.9 Å². The molecule has 0 saturated carbocycles. The van der Waals surface area contributed by atoms with E-state index in [-0.39, 0.29) is 11.0 Å². The fourth-order valence-corrected chi connectivity index (χ4v) is 1.82. The van der Waals surface area contributed by atoms with Crippen molar-refractivity contribution in [1.82, 2.24) is 0 Å². The molecule has 0 heterocycles. The highest BCUT2D eigenvalue weighted by molar-refractivity contribution is 5.35. The molecule has 1 heteroatoms. The Hall–Kier alpha value is -0.820. The van der Waals surface area contributed by atoms with Crippen LogP contribution in [-0.4, -0.2) is 5.54 Å². The van der Waals surface area contributed by atoms with E-state index >= 15 is 0 Å². The number of rotatable bonds is 2. The third-order valence-electron chi connectivity index (χ3n) is 2.86. The average Bonchev–Trinajstić information content (AvgIpc) is 2.04. The van der Waals surface area contributed by atoms with Crippen LogP contribution >= 0.6 is 0 Å². The van der Waals surface area contributed by atoms with E-state index in [0.29, 0.717) is 0 Å². The standard InChI is InChI=1S/C15H25N/c1-11-7-8-13(14(2,3)4)9-12(11)10-15(5,6)16/h7-9H,10,16H2,1-6H3. The summed E-state index contributed by atoms with van der Waals surface area (Å²) in [7, 11) is 0. The van der Waals surface area contributed by atoms with Gasteiger partial charge in [0, 0.05) is 5.54 Å². The van der Waals surface area contributed by atoms with Crippen LogP contribution < -0.4 is 5.73 Å². The molecule has 1 aromatic carbocycles. The molecule has 0 bridgehead atoms. The van der Waals surface area contributed by atoms with Gasteiger partial charge in [0.15, 0.2) is 0 Å². The van der Waals surface area contributed by atoms with E-state index < -0.39 is 0 Å². The SMILES string of the molecule is Cc1ccc(C(C)(C)C)cc1CC(C)(C)N. The second-order valence-electron chi connectivity index (χ2n) is 6.56. The fourth-order valence-electron chi connectivity index (χ4n) is 1.82. The number of hydrogen-bond donors (Lipinski definition) is 1. The van der Waals surface area contributed by atoms with E-state index in [9.17, 15) is 0 Å². The van der Waals surface area contributed by atoms with Gasteiger partial charge in [-0.3, -0.25) is 0 Å². The zero-order valence-corrected chi connectivity index (χ0v) is 11.5. The van der Waals surface area contributed by atoms with Crippen LogP contribution in [0, 0.1) is 6.92 Å². The molecule has 0 spiro atoms. The molecule has 0 radical (unpaired) electrons. The largest absolute Gasteiger partial charge is 0.325 e. The minimum atomic E-state index is -0.138. The highest BCUT2D eigenvalue weighted by Crippen LogP contribution is 2.25. The van der Waals surface area contributed by atoms with Gasteiger partial charge in [-0.15, -0.1) is 0 Å². The first-order valence-electron chi connectivity index (χ1n) is 5.98. The molecule has 0 atom stereocenters. The summed E-state index contributed by atoms with van der Waals surface area (Å²) in [6, 6.07) is 6.74. The van der Waals surface area contributed by atoms with Gasteiger partial charge in [-0.1, -0.05) is 39.0 Å². The van der Waals surface area contributed by atoms with E-state index in [0.717, 1.165) is 6.42 Å². The van der Waals surface area contributed by atoms with Gasteiger partial charge < -0.3 is 5.73 Å². The van der Waals surface area contributed by atoms with Gasteiger partial charge >= 0.3 is 0 Å². The highest BCUT2D eigenvalue weighted by Gasteiger charge is 2.17. The molecule has 0 aliphatic carbocycles. The van der Waals surface area contributed by atoms with Crippen molar-refractivity contribution in [2.75, 3.05) is 0 Å². The summed E-state index contributed by atoms with van der Waals surface area (Å²) in [5.41, 5.74) is 10.3. The molecular formula is C15H25N. The first-order valence-corrected chi connectivity index (χ1v) is 5.98. The second kappa shape index (κ2) is 4.21. The Labute approximate surface area is 100 Å². The molecule has 0 saturated heterocycles. The molecule has 0 aliphatic rings. The second-order valence-corrected chi connectivity index (χ2v) is 6.56. The van der Waals surface area contributed by atoms with Gasteiger partial charge in [-0.2, -0.15) is 0 Å². The lowest BCUT2D eigenvalue weighted by atomic mass is 9.83. The van der Waals surface area contributed by atoms with Crippen LogP contribution in [0.2, 0.25) is 0 Å². The Kier molecular flexibility index (Phi) is 3.49. The zero-order chi connectivity index (χ0) is 12.6. The van der Waals surface area contributed by atoms with Crippen LogP contribution in [0.4, 0.5) is 0 Å². The van der Waals surface area contributed by atoms with Crippen LogP contribution in [0.3, 0.4) is 0 Å². The molecule has 0 fully saturated rings. The highest BCUT2D eigenvalue weighted by atomic mass is 14.7. The monoisotopic (exact) mass is 219 g/mol. The maximum absolute atomic E-state index is 6.10. The lowest BCUT2D eigenvalue weighted by Gasteiger charge is -2.24. The molecule has 0 amide bonds. The van der Waals surface area contributed by atoms with Gasteiger partial charge in [-0.25, -0.2) is 0 Å². The maximum Gasteiger partial charge on any atom is 0.0138 e. The Balaban J connectivity index is 3.10. The minimum Gasteiger partial charge on any atom is -0.325 e. The van der Waals surface area contributed by atoms with Crippen molar-refractivity contribution < 1.29 is 0 Å². The first-order chi connectivity index (χ1) is 7.09. The van der Waals surface area contributed by atoms with E-state index in [1.54, 1.807) is 0 Å². The molecule has 1 aromatic rings. The van der Waals surface area contributed by atoms with Crippen LogP contribution in [0.5, 0.6) is 0 Å². The van der Waals surface area contributed by atoms with Gasteiger partial charge in [0.2, 0.25) is 0 Å². The predicted octanol–water partition coefficient (Wildman–Crippen LogP) is 3.57. The number of nitrogens with two attached hydrogens (primary N) is 1. The molecular weight excluding hydrogens is 194 g/mol. The molecule has 0 aromatic heterocycles. The van der Waals surface area contributed by atoms with Gasteiger partial charge in [-0.05, 0) is 49.3 Å². The Morgan fingerprint density at radius 2 is 1.62 bits per heavy atom. The Morgan fingerprint density at radius 3 is 2.06 bits per heavy atom. The van der Waals surface area contributed by atoms with Crippen LogP contribution in [-0.2, 0) is 11.8 Å². The maximum atomic E-state index is 6.10. The average molecular weight is 219 g/mol. The lowest BCUT2D eigenvalue weighted by Crippen LogP contribution is -2.34. The Bertz CT molecular complexity index is 364. The third kappa shape index (κ3) is 3.64. The smallest absolute Gasteiger partial charge is 0.0138 e. The number of aryl methyl sites for hydroxylation is 1. The molecule has 0 aliphatic heterocycles. The molecule has 90 valence electrons. The van der Waals surface area contributed by atoms with E-state index in [1.807, 2.05) is 0 Å². The summed E-state index contributed by atoms with van der Waals surface area (Å²) in [4.78, 5) is 0. The molecule has 2 N–H and O–H groups in total. The van der Waals surface area contributed by atoms with Gasteiger partial charge in [0.1, 0.15) is 0 Å². The topological polar surface area (TPSA) is 26.0 Å². The Morgan fingerprint density at radius 1 is 1.06 bits per heavy atom. The molecule has 0 unspecified atom stereocenters. The summed E-state index contributed by atoms with van der Waals surface area (Å²) >= 11 is 0. The number of benzene rings is 1. The predicted molar refractivity (Wildman–Crippen MR) is 71.8 cm³/mol. The van der Waals surface area contributed by atoms with E-state index in [4.69, 9.17) is 5.73 Å². The molecule has 1 rings (SSSR count). The van der Waals surface area contributed by atoms with Gasteiger partial charge in [0.05, 0.1) is 0 Å². The first kappa shape index (κ1) is 13.2. The van der Waals surface area contributed by atoms with Crippen molar-refractivity contribution in [3.8, 4) is 0 Å². The van der Waals surface area contributed by atoms with E-state index in [2.05, 4.69) is 59.7 Å². The fraction of sp³-hybridized carbons (Fsp3) is 0.600. The zero-order valence-electron chi connectivity index (χ0n) is 11.5. The van der Waals surface area contributed by atoms with Crippen molar-refractivity contribution in [3.63, 3.8) is 0 Å². The van der Waals surface area contributed by atoms with Crippen LogP contribution in [0.25, 0.3) is 0 Å². The molecule has 1 nitrogen and oxygen atoms in total. The summed E-state index contributed by atoms with van der Waals surface area (Å²) in [5.74, 6) is 0. The van der Waals surface area contributed by atoms with Crippen molar-refractivity contribution >= 4 is 0 Å². The quantitative estimate of drug-likeness (QED) is 0.808. The van der Waals surface area contributed by atoms with Crippen molar-refractivity contribution in [1.29, 1.82) is 0 Å². The third-order valence-corrected chi connectivity index (χ3v) is 2.86. The van der Waals surface area contributed by atoms with E-state index in [1.165, 1.54) is 16.7 Å². The normalized spacial score (nSPS) is 12.9. The van der Waals surface area contributed by atoms with Gasteiger partial charge in [0.25, 0.3) is 0 Å². The molecule has 16 heavy (non-hydrogen) atoms. The van der Waals surface area contributed by atoms with Crippen LogP contribution in [0.15, 0.2) is 18.2 Å². The summed E-state index contributed by atoms with van der Waals surface area (Å²) in [5, 5.41) is 0. The summed E-state index contributed by atoms with van der Waals surface area (Å²) in [6.07, 6.45) is 0.933.